The van der Waals surface area contributed by atoms with Crippen LogP contribution in [0.1, 0.15) is 18.9 Å². The summed E-state index contributed by atoms with van der Waals surface area (Å²) in [7, 11) is 0. The van der Waals surface area contributed by atoms with Crippen molar-refractivity contribution in [3.8, 4) is 11.8 Å². The van der Waals surface area contributed by atoms with Gasteiger partial charge in [0.2, 0.25) is 0 Å². The molecule has 0 aliphatic heterocycles. The number of hydrogen-bond donors (Lipinski definition) is 1. The van der Waals surface area contributed by atoms with Crippen LogP contribution >= 0.6 is 0 Å². The summed E-state index contributed by atoms with van der Waals surface area (Å²) in [5.74, 6) is 0.598. The molecule has 0 radical (unpaired) electrons. The van der Waals surface area contributed by atoms with Crippen LogP contribution < -0.4 is 10.5 Å². The molecule has 0 heterocycles. The first-order chi connectivity index (χ1) is 6.29. The second-order valence-electron chi connectivity index (χ2n) is 2.68. The lowest BCUT2D eigenvalue weighted by Crippen LogP contribution is -2.00. The van der Waals surface area contributed by atoms with Gasteiger partial charge in [0.1, 0.15) is 11.8 Å². The Morgan fingerprint density at radius 3 is 2.92 bits per heavy atom. The van der Waals surface area contributed by atoms with Crippen LogP contribution in [0.2, 0.25) is 0 Å². The molecule has 0 fully saturated rings. The highest BCUT2D eigenvalue weighted by Crippen LogP contribution is 2.24. The van der Waals surface area contributed by atoms with Gasteiger partial charge in [-0.15, -0.1) is 0 Å². The Kier molecular flexibility index (Phi) is 3.15. The topological polar surface area (TPSA) is 59.0 Å². The summed E-state index contributed by atoms with van der Waals surface area (Å²) in [6.45, 7) is 2.64. The summed E-state index contributed by atoms with van der Waals surface area (Å²) in [5, 5.41) is 8.68. The molecule has 2 N–H and O–H groups in total. The Morgan fingerprint density at radius 1 is 1.54 bits per heavy atom. The molecular weight excluding hydrogens is 164 g/mol. The van der Waals surface area contributed by atoms with Crippen molar-refractivity contribution in [1.29, 1.82) is 5.26 Å². The van der Waals surface area contributed by atoms with E-state index in [0.29, 0.717) is 23.6 Å². The van der Waals surface area contributed by atoms with Gasteiger partial charge in [0.25, 0.3) is 0 Å². The van der Waals surface area contributed by atoms with Crippen molar-refractivity contribution in [2.45, 2.75) is 13.3 Å². The molecule has 1 aromatic carbocycles. The molecule has 0 aliphatic rings. The maximum Gasteiger partial charge on any atom is 0.143 e. The standard InChI is InChI=1S/C10H12N2O/c1-2-6-13-9-5-3-4-8(7-11)10(9)12/h3-5H,2,6,12H2,1H3. The molecule has 13 heavy (non-hydrogen) atoms. The van der Waals surface area contributed by atoms with E-state index in [1.54, 1.807) is 18.2 Å². The molecule has 1 aromatic rings. The SMILES string of the molecule is CCCOc1cccc(C#N)c1N. The lowest BCUT2D eigenvalue weighted by molar-refractivity contribution is 0.319. The van der Waals surface area contributed by atoms with Gasteiger partial charge in [-0.1, -0.05) is 13.0 Å². The number of anilines is 1. The van der Waals surface area contributed by atoms with Crippen molar-refractivity contribution in [3.05, 3.63) is 23.8 Å². The summed E-state index contributed by atoms with van der Waals surface area (Å²) in [6, 6.07) is 7.22. The van der Waals surface area contributed by atoms with Crippen molar-refractivity contribution in [3.63, 3.8) is 0 Å². The van der Waals surface area contributed by atoms with Gasteiger partial charge in [-0.2, -0.15) is 5.26 Å². The third kappa shape index (κ3) is 2.12. The molecule has 0 unspecified atom stereocenters. The van der Waals surface area contributed by atoms with E-state index in [2.05, 4.69) is 0 Å². The van der Waals surface area contributed by atoms with Crippen LogP contribution in [0.25, 0.3) is 0 Å². The Bertz CT molecular complexity index is 328. The fourth-order valence-electron chi connectivity index (χ4n) is 0.979. The molecule has 3 heteroatoms. The van der Waals surface area contributed by atoms with Crippen LogP contribution in [0.4, 0.5) is 5.69 Å². The van der Waals surface area contributed by atoms with E-state index in [4.69, 9.17) is 15.7 Å². The van der Waals surface area contributed by atoms with Crippen molar-refractivity contribution in [2.75, 3.05) is 12.3 Å². The van der Waals surface area contributed by atoms with E-state index in [1.165, 1.54) is 0 Å². The fraction of sp³-hybridized carbons (Fsp3) is 0.300. The van der Waals surface area contributed by atoms with Gasteiger partial charge in [0.15, 0.2) is 0 Å². The number of rotatable bonds is 3. The summed E-state index contributed by atoms with van der Waals surface area (Å²) in [4.78, 5) is 0. The van der Waals surface area contributed by atoms with Crippen molar-refractivity contribution < 1.29 is 4.74 Å². The number of nitrogens with two attached hydrogens (primary N) is 1. The molecule has 0 spiro atoms. The van der Waals surface area contributed by atoms with Gasteiger partial charge in [-0.05, 0) is 18.6 Å². The molecule has 0 saturated heterocycles. The molecule has 1 rings (SSSR count). The van der Waals surface area contributed by atoms with Gasteiger partial charge in [-0.25, -0.2) is 0 Å². The highest BCUT2D eigenvalue weighted by atomic mass is 16.5. The van der Waals surface area contributed by atoms with Gasteiger partial charge in [0.05, 0.1) is 17.9 Å². The number of benzene rings is 1. The highest BCUT2D eigenvalue weighted by molar-refractivity contribution is 5.62. The largest absolute Gasteiger partial charge is 0.491 e. The second-order valence-corrected chi connectivity index (χ2v) is 2.68. The highest BCUT2D eigenvalue weighted by Gasteiger charge is 2.03. The molecule has 3 nitrogen and oxygen atoms in total. The van der Waals surface area contributed by atoms with E-state index in [9.17, 15) is 0 Å². The fourth-order valence-corrected chi connectivity index (χ4v) is 0.979. The first-order valence-electron chi connectivity index (χ1n) is 4.21. The van der Waals surface area contributed by atoms with Gasteiger partial charge in [0, 0.05) is 0 Å². The Balaban J connectivity index is 2.90. The summed E-state index contributed by atoms with van der Waals surface area (Å²) in [5.41, 5.74) is 6.58. The predicted octanol–water partition coefficient (Wildman–Crippen LogP) is 1.93. The zero-order valence-electron chi connectivity index (χ0n) is 7.58. The molecule has 0 bridgehead atoms. The number of nitrogens with zero attached hydrogens (tertiary/aromatic N) is 1. The quantitative estimate of drug-likeness (QED) is 0.716. The van der Waals surface area contributed by atoms with Crippen molar-refractivity contribution in [2.24, 2.45) is 0 Å². The first-order valence-corrected chi connectivity index (χ1v) is 4.21. The lowest BCUT2D eigenvalue weighted by Gasteiger charge is -2.07. The van der Waals surface area contributed by atoms with Crippen molar-refractivity contribution in [1.82, 2.24) is 0 Å². The van der Waals surface area contributed by atoms with Gasteiger partial charge in [-0.3, -0.25) is 0 Å². The van der Waals surface area contributed by atoms with Crippen LogP contribution in [-0.4, -0.2) is 6.61 Å². The van der Waals surface area contributed by atoms with E-state index < -0.39 is 0 Å². The molecule has 0 aromatic heterocycles. The Labute approximate surface area is 77.7 Å². The van der Waals surface area contributed by atoms with E-state index in [0.717, 1.165) is 6.42 Å². The van der Waals surface area contributed by atoms with Crippen LogP contribution in [-0.2, 0) is 0 Å². The van der Waals surface area contributed by atoms with E-state index >= 15 is 0 Å². The molecule has 0 atom stereocenters. The number of nitriles is 1. The molecule has 0 aliphatic carbocycles. The number of hydrogen-bond acceptors (Lipinski definition) is 3. The van der Waals surface area contributed by atoms with Crippen molar-refractivity contribution >= 4 is 5.69 Å². The van der Waals surface area contributed by atoms with Crippen LogP contribution in [0.5, 0.6) is 5.75 Å². The summed E-state index contributed by atoms with van der Waals surface area (Å²) >= 11 is 0. The minimum absolute atomic E-state index is 0.429. The average molecular weight is 176 g/mol. The van der Waals surface area contributed by atoms with E-state index in [1.807, 2.05) is 13.0 Å². The lowest BCUT2D eigenvalue weighted by atomic mass is 10.2. The predicted molar refractivity (Wildman–Crippen MR) is 51.4 cm³/mol. The zero-order chi connectivity index (χ0) is 9.68. The smallest absolute Gasteiger partial charge is 0.143 e. The summed E-state index contributed by atoms with van der Waals surface area (Å²) < 4.78 is 5.35. The second kappa shape index (κ2) is 4.36. The molecular formula is C10H12N2O. The minimum Gasteiger partial charge on any atom is -0.491 e. The molecule has 0 amide bonds. The molecule has 68 valence electrons. The van der Waals surface area contributed by atoms with Crippen LogP contribution in [0, 0.1) is 11.3 Å². The summed E-state index contributed by atoms with van der Waals surface area (Å²) in [6.07, 6.45) is 0.927. The zero-order valence-corrected chi connectivity index (χ0v) is 7.58. The minimum atomic E-state index is 0.429. The number of nitrogen functional groups attached to an aromatic ring is 1. The Morgan fingerprint density at radius 2 is 2.31 bits per heavy atom. The van der Waals surface area contributed by atoms with E-state index in [-0.39, 0.29) is 0 Å². The Hall–Kier alpha value is -1.69. The van der Waals surface area contributed by atoms with Crippen LogP contribution in [0.3, 0.4) is 0 Å². The number of ether oxygens (including phenoxy) is 1. The third-order valence-electron chi connectivity index (χ3n) is 1.65. The monoisotopic (exact) mass is 176 g/mol. The van der Waals surface area contributed by atoms with Gasteiger partial charge < -0.3 is 10.5 Å². The first kappa shape index (κ1) is 9.40. The maximum absolute atomic E-state index is 8.68. The van der Waals surface area contributed by atoms with Gasteiger partial charge >= 0.3 is 0 Å². The maximum atomic E-state index is 8.68. The van der Waals surface area contributed by atoms with Crippen LogP contribution in [0.15, 0.2) is 18.2 Å². The normalized spacial score (nSPS) is 9.23. The third-order valence-corrected chi connectivity index (χ3v) is 1.65. The molecule has 0 saturated carbocycles. The average Bonchev–Trinajstić information content (AvgIpc) is 2.16. The number of para-hydroxylation sites is 1.